The van der Waals surface area contributed by atoms with Crippen molar-refractivity contribution < 1.29 is 19.1 Å². The minimum atomic E-state index is -1.09. The van der Waals surface area contributed by atoms with Crippen molar-refractivity contribution in [2.45, 2.75) is 12.0 Å². The number of benzene rings is 1. The first-order chi connectivity index (χ1) is 15.0. The maximum absolute atomic E-state index is 13.1. The van der Waals surface area contributed by atoms with E-state index in [2.05, 4.69) is 36.6 Å². The van der Waals surface area contributed by atoms with Crippen LogP contribution < -0.4 is 15.6 Å². The van der Waals surface area contributed by atoms with Crippen molar-refractivity contribution >= 4 is 50.5 Å². The van der Waals surface area contributed by atoms with Gasteiger partial charge in [0.1, 0.15) is 5.54 Å². The molecule has 2 aromatic rings. The molecule has 31 heavy (non-hydrogen) atoms. The van der Waals surface area contributed by atoms with E-state index in [0.717, 1.165) is 22.6 Å². The fourth-order valence-electron chi connectivity index (χ4n) is 3.65. The van der Waals surface area contributed by atoms with E-state index in [0.29, 0.717) is 36.8 Å². The number of likely N-dealkylation sites (N-methyl/N-ethyl adjacent to an activating group) is 1. The van der Waals surface area contributed by atoms with Crippen LogP contribution in [0.4, 0.5) is 11.4 Å². The van der Waals surface area contributed by atoms with Crippen LogP contribution >= 0.6 is 27.3 Å². The molecule has 2 amide bonds. The van der Waals surface area contributed by atoms with Crippen LogP contribution in [-0.2, 0) is 14.3 Å². The molecule has 1 aromatic heterocycles. The van der Waals surface area contributed by atoms with E-state index >= 15 is 0 Å². The number of hydrazine groups is 1. The topological polar surface area (TPSA) is 83.1 Å². The normalized spacial score (nSPS) is 22.2. The molecular weight excluding hydrogens is 484 g/mol. The van der Waals surface area contributed by atoms with E-state index in [1.165, 1.54) is 11.3 Å². The lowest BCUT2D eigenvalue weighted by molar-refractivity contribution is -0.122. The molecular formula is C21H25BrN4O4S. The zero-order chi connectivity index (χ0) is 21.8. The third kappa shape index (κ3) is 5.09. The van der Waals surface area contributed by atoms with Gasteiger partial charge in [0, 0.05) is 32.3 Å². The summed E-state index contributed by atoms with van der Waals surface area (Å²) in [5.41, 5.74) is 0.609. The second-order valence-electron chi connectivity index (χ2n) is 7.56. The van der Waals surface area contributed by atoms with E-state index in [9.17, 15) is 9.59 Å². The lowest BCUT2D eigenvalue weighted by Crippen LogP contribution is -2.57. The van der Waals surface area contributed by atoms with Crippen molar-refractivity contribution in [3.05, 3.63) is 45.1 Å². The standard InChI is InChI=1S/C21H25BrN4O4S/c1-25-9-12-29-13-10-26(25)16-4-2-15(3-5-16)23-20(28)21(8-11-30-14-21)24-19(27)17-6-7-18(22)31-17/h2-7H,8-14H2,1H3,(H,23,28)(H,24,27). The van der Waals surface area contributed by atoms with Gasteiger partial charge in [-0.05, 0) is 52.3 Å². The molecule has 2 aliphatic rings. The number of hydrogen-bond acceptors (Lipinski definition) is 7. The van der Waals surface area contributed by atoms with Gasteiger partial charge in [-0.1, -0.05) is 0 Å². The molecule has 10 heteroatoms. The van der Waals surface area contributed by atoms with Crippen molar-refractivity contribution in [1.82, 2.24) is 10.3 Å². The zero-order valence-electron chi connectivity index (χ0n) is 17.2. The van der Waals surface area contributed by atoms with Gasteiger partial charge in [0.05, 0.1) is 40.7 Å². The number of rotatable bonds is 5. The van der Waals surface area contributed by atoms with Crippen LogP contribution in [0.3, 0.4) is 0 Å². The molecule has 2 N–H and O–H groups in total. The minimum Gasteiger partial charge on any atom is -0.378 e. The number of carbonyl (C=O) groups excluding carboxylic acids is 2. The van der Waals surface area contributed by atoms with E-state index in [1.54, 1.807) is 6.07 Å². The Morgan fingerprint density at radius 3 is 2.52 bits per heavy atom. The SMILES string of the molecule is CN1CCOCCN1c1ccc(NC(=O)C2(NC(=O)c3ccc(Br)s3)CCOC2)cc1. The number of amides is 2. The molecule has 3 heterocycles. The molecule has 4 rings (SSSR count). The maximum atomic E-state index is 13.1. The molecule has 8 nitrogen and oxygen atoms in total. The van der Waals surface area contributed by atoms with Gasteiger partial charge < -0.3 is 25.1 Å². The Hall–Kier alpha value is -1.98. The molecule has 1 aromatic carbocycles. The predicted octanol–water partition coefficient (Wildman–Crippen LogP) is 2.72. The maximum Gasteiger partial charge on any atom is 0.262 e. The van der Waals surface area contributed by atoms with Gasteiger partial charge in [-0.2, -0.15) is 0 Å². The Bertz CT molecular complexity index is 930. The summed E-state index contributed by atoms with van der Waals surface area (Å²) in [5.74, 6) is -0.555. The molecule has 1 unspecified atom stereocenters. The van der Waals surface area contributed by atoms with Gasteiger partial charge in [-0.15, -0.1) is 11.3 Å². The number of hydrogen-bond donors (Lipinski definition) is 2. The minimum absolute atomic E-state index is 0.147. The molecule has 0 aliphatic carbocycles. The molecule has 0 spiro atoms. The summed E-state index contributed by atoms with van der Waals surface area (Å²) in [5, 5.41) is 10.1. The second kappa shape index (κ2) is 9.66. The molecule has 2 saturated heterocycles. The Morgan fingerprint density at radius 2 is 1.84 bits per heavy atom. The summed E-state index contributed by atoms with van der Waals surface area (Å²) < 4.78 is 11.9. The lowest BCUT2D eigenvalue weighted by Gasteiger charge is -2.31. The average Bonchev–Trinajstić information content (AvgIpc) is 3.36. The third-order valence-corrected chi connectivity index (χ3v) is 7.07. The Labute approximate surface area is 193 Å². The number of carbonyl (C=O) groups is 2. The molecule has 0 saturated carbocycles. The predicted molar refractivity (Wildman–Crippen MR) is 124 cm³/mol. The van der Waals surface area contributed by atoms with E-state index < -0.39 is 5.54 Å². The summed E-state index contributed by atoms with van der Waals surface area (Å²) in [7, 11) is 2.03. The highest BCUT2D eigenvalue weighted by molar-refractivity contribution is 9.11. The largest absolute Gasteiger partial charge is 0.378 e. The van der Waals surface area contributed by atoms with Gasteiger partial charge in [0.25, 0.3) is 11.8 Å². The number of ether oxygens (including phenoxy) is 2. The molecule has 0 radical (unpaired) electrons. The first-order valence-electron chi connectivity index (χ1n) is 10.1. The first kappa shape index (κ1) is 22.2. The van der Waals surface area contributed by atoms with Crippen molar-refractivity contribution in [2.75, 3.05) is 56.9 Å². The molecule has 166 valence electrons. The van der Waals surface area contributed by atoms with Crippen molar-refractivity contribution in [3.63, 3.8) is 0 Å². The highest BCUT2D eigenvalue weighted by Gasteiger charge is 2.44. The van der Waals surface area contributed by atoms with Crippen molar-refractivity contribution in [3.8, 4) is 0 Å². The first-order valence-corrected chi connectivity index (χ1v) is 11.7. The highest BCUT2D eigenvalue weighted by Crippen LogP contribution is 2.26. The lowest BCUT2D eigenvalue weighted by atomic mass is 9.97. The monoisotopic (exact) mass is 508 g/mol. The Balaban J connectivity index is 1.44. The van der Waals surface area contributed by atoms with E-state index in [4.69, 9.17) is 9.47 Å². The smallest absolute Gasteiger partial charge is 0.262 e. The number of thiophene rings is 1. The molecule has 2 aliphatic heterocycles. The summed E-state index contributed by atoms with van der Waals surface area (Å²) in [6.07, 6.45) is 0.424. The van der Waals surface area contributed by atoms with Gasteiger partial charge in [-0.3, -0.25) is 9.59 Å². The number of nitrogens with one attached hydrogen (secondary N) is 2. The van der Waals surface area contributed by atoms with Gasteiger partial charge >= 0.3 is 0 Å². The summed E-state index contributed by atoms with van der Waals surface area (Å²) >= 11 is 4.69. The van der Waals surface area contributed by atoms with E-state index in [1.807, 2.05) is 37.4 Å². The van der Waals surface area contributed by atoms with Gasteiger partial charge in [0.2, 0.25) is 0 Å². The average molecular weight is 509 g/mol. The Morgan fingerprint density at radius 1 is 1.06 bits per heavy atom. The fraction of sp³-hybridized carbons (Fsp3) is 0.429. The molecule has 0 bridgehead atoms. The van der Waals surface area contributed by atoms with Crippen molar-refractivity contribution in [2.24, 2.45) is 0 Å². The summed E-state index contributed by atoms with van der Waals surface area (Å²) in [6, 6.07) is 11.2. The number of halogens is 1. The van der Waals surface area contributed by atoms with Crippen LogP contribution in [0.15, 0.2) is 40.2 Å². The Kier molecular flexibility index (Phi) is 6.92. The molecule has 1 atom stereocenters. The van der Waals surface area contributed by atoms with E-state index in [-0.39, 0.29) is 18.4 Å². The number of nitrogens with zero attached hydrogens (tertiary/aromatic N) is 2. The highest BCUT2D eigenvalue weighted by atomic mass is 79.9. The summed E-state index contributed by atoms with van der Waals surface area (Å²) in [4.78, 5) is 26.4. The zero-order valence-corrected chi connectivity index (χ0v) is 19.6. The molecule has 2 fully saturated rings. The fourth-order valence-corrected chi connectivity index (χ4v) is 4.93. The van der Waals surface area contributed by atoms with Crippen LogP contribution in [0, 0.1) is 0 Å². The van der Waals surface area contributed by atoms with Crippen LogP contribution in [0.25, 0.3) is 0 Å². The summed E-state index contributed by atoms with van der Waals surface area (Å²) in [6.45, 7) is 3.54. The van der Waals surface area contributed by atoms with Crippen LogP contribution in [-0.4, -0.2) is 68.9 Å². The quantitative estimate of drug-likeness (QED) is 0.645. The van der Waals surface area contributed by atoms with Crippen LogP contribution in [0.2, 0.25) is 0 Å². The third-order valence-electron chi connectivity index (χ3n) is 5.45. The van der Waals surface area contributed by atoms with Gasteiger partial charge in [-0.25, -0.2) is 5.01 Å². The van der Waals surface area contributed by atoms with Crippen LogP contribution in [0.1, 0.15) is 16.1 Å². The van der Waals surface area contributed by atoms with Gasteiger partial charge in [0.15, 0.2) is 0 Å². The van der Waals surface area contributed by atoms with Crippen molar-refractivity contribution in [1.29, 1.82) is 0 Å². The number of anilines is 2. The van der Waals surface area contributed by atoms with Crippen LogP contribution in [0.5, 0.6) is 0 Å². The second-order valence-corrected chi connectivity index (χ2v) is 10.0.